The van der Waals surface area contributed by atoms with Gasteiger partial charge in [-0.3, -0.25) is 9.59 Å². The topological polar surface area (TPSA) is 130 Å². The zero-order valence-electron chi connectivity index (χ0n) is 20.8. The average molecular weight is 501 g/mol. The van der Waals surface area contributed by atoms with Gasteiger partial charge in [-0.15, -0.1) is 0 Å². The van der Waals surface area contributed by atoms with Gasteiger partial charge in [-0.25, -0.2) is 0 Å². The highest BCUT2D eigenvalue weighted by Gasteiger charge is 2.46. The van der Waals surface area contributed by atoms with Gasteiger partial charge in [0.2, 0.25) is 11.7 Å². The summed E-state index contributed by atoms with van der Waals surface area (Å²) in [5.41, 5.74) is 4.12. The minimum Gasteiger partial charge on any atom is -0.490 e. The van der Waals surface area contributed by atoms with Crippen molar-refractivity contribution >= 4 is 11.9 Å². The molecule has 2 unspecified atom stereocenters. The molecule has 0 spiro atoms. The van der Waals surface area contributed by atoms with Crippen LogP contribution in [0.4, 0.5) is 0 Å². The Hall–Kier alpha value is -4.19. The molecule has 2 aromatic carbocycles. The molecule has 0 radical (unpaired) electrons. The van der Waals surface area contributed by atoms with Gasteiger partial charge in [0.05, 0.1) is 17.7 Å². The number of carbonyl (C=O) groups excluding carboxylic acids is 1. The first kappa shape index (κ1) is 24.5. The molecular weight excluding hydrogens is 472 g/mol. The molecule has 1 aliphatic heterocycles. The van der Waals surface area contributed by atoms with Crippen LogP contribution >= 0.6 is 0 Å². The van der Waals surface area contributed by atoms with Crippen molar-refractivity contribution in [3.05, 3.63) is 53.1 Å². The first-order valence-electron chi connectivity index (χ1n) is 12.5. The van der Waals surface area contributed by atoms with E-state index in [4.69, 9.17) is 14.4 Å². The van der Waals surface area contributed by atoms with Crippen LogP contribution in [0.5, 0.6) is 5.75 Å². The normalized spacial score (nSPS) is 18.1. The van der Waals surface area contributed by atoms with E-state index in [1.807, 2.05) is 30.9 Å². The number of hydrogen-bond acceptors (Lipinski definition) is 7. The second-order valence-corrected chi connectivity index (χ2v) is 9.84. The fourth-order valence-electron chi connectivity index (χ4n) is 5.43. The van der Waals surface area contributed by atoms with Crippen molar-refractivity contribution in [2.75, 3.05) is 6.54 Å². The summed E-state index contributed by atoms with van der Waals surface area (Å²) in [6, 6.07) is 13.3. The Morgan fingerprint density at radius 2 is 2.11 bits per heavy atom. The molecule has 9 heteroatoms. The molecule has 1 N–H and O–H groups in total. The zero-order valence-corrected chi connectivity index (χ0v) is 20.8. The molecule has 1 amide bonds. The average Bonchev–Trinajstić information content (AvgIpc) is 3.56. The highest BCUT2D eigenvalue weighted by Crippen LogP contribution is 2.49. The molecule has 190 valence electrons. The van der Waals surface area contributed by atoms with E-state index in [1.165, 1.54) is 0 Å². The van der Waals surface area contributed by atoms with Gasteiger partial charge in [0, 0.05) is 30.5 Å². The maximum atomic E-state index is 12.7. The lowest BCUT2D eigenvalue weighted by Gasteiger charge is -2.25. The van der Waals surface area contributed by atoms with Crippen molar-refractivity contribution in [3.63, 3.8) is 0 Å². The van der Waals surface area contributed by atoms with Crippen LogP contribution in [0.25, 0.3) is 22.8 Å². The monoisotopic (exact) mass is 500 g/mol. The third kappa shape index (κ3) is 4.79. The number of aromatic nitrogens is 2. The molecule has 1 aliphatic carbocycles. The minimum absolute atomic E-state index is 0.00895. The van der Waals surface area contributed by atoms with E-state index >= 15 is 0 Å². The SMILES string of the molecule is CC(C)Oc1ccc(-c2nc(-c3cccc4c3CC3CC(=O)N(CCCCC(=O)O)C43)no2)cc1C#N. The summed E-state index contributed by atoms with van der Waals surface area (Å²) in [6.07, 6.45) is 2.50. The molecule has 1 aromatic heterocycles. The number of amides is 1. The van der Waals surface area contributed by atoms with E-state index < -0.39 is 5.97 Å². The lowest BCUT2D eigenvalue weighted by Crippen LogP contribution is -2.29. The lowest BCUT2D eigenvalue weighted by atomic mass is 10.0. The van der Waals surface area contributed by atoms with Crippen LogP contribution in [0.3, 0.4) is 0 Å². The van der Waals surface area contributed by atoms with Crippen molar-refractivity contribution in [1.29, 1.82) is 5.26 Å². The van der Waals surface area contributed by atoms with Crippen molar-refractivity contribution in [3.8, 4) is 34.7 Å². The van der Waals surface area contributed by atoms with Crippen LogP contribution in [-0.2, 0) is 16.0 Å². The second kappa shape index (κ2) is 10.1. The van der Waals surface area contributed by atoms with Crippen molar-refractivity contribution < 1.29 is 24.0 Å². The number of carboxylic acid groups (broad SMARTS) is 1. The number of aliphatic carboxylic acids is 1. The van der Waals surface area contributed by atoms with E-state index in [-0.39, 0.29) is 30.4 Å². The summed E-state index contributed by atoms with van der Waals surface area (Å²) in [5.74, 6) is 0.781. The summed E-state index contributed by atoms with van der Waals surface area (Å²) < 4.78 is 11.3. The maximum absolute atomic E-state index is 12.7. The quantitative estimate of drug-likeness (QED) is 0.416. The standard InChI is InChI=1S/C28H28N4O5/c1-16(2)36-23-10-9-17(12-19(23)15-29)28-30-27(31-37-28)21-7-5-6-20-22(21)13-18-14-24(33)32(26(18)20)11-4-3-8-25(34)35/h5-7,9-10,12,16,18,26H,3-4,8,11,13-14H2,1-2H3,(H,34,35). The van der Waals surface area contributed by atoms with E-state index in [0.29, 0.717) is 54.4 Å². The van der Waals surface area contributed by atoms with Gasteiger partial charge >= 0.3 is 5.97 Å². The number of nitriles is 1. The fourth-order valence-corrected chi connectivity index (χ4v) is 5.43. The molecule has 0 saturated carbocycles. The van der Waals surface area contributed by atoms with Gasteiger partial charge in [0.1, 0.15) is 11.8 Å². The molecule has 2 heterocycles. The van der Waals surface area contributed by atoms with Crippen LogP contribution in [0.1, 0.15) is 62.3 Å². The van der Waals surface area contributed by atoms with Crippen LogP contribution in [-0.4, -0.2) is 44.7 Å². The number of carboxylic acids is 1. The number of carbonyl (C=O) groups is 2. The van der Waals surface area contributed by atoms with Gasteiger partial charge in [-0.2, -0.15) is 10.2 Å². The number of ether oxygens (including phenoxy) is 1. The Morgan fingerprint density at radius 3 is 2.86 bits per heavy atom. The lowest BCUT2D eigenvalue weighted by molar-refractivity contribution is -0.137. The highest BCUT2D eigenvalue weighted by molar-refractivity contribution is 5.81. The molecule has 37 heavy (non-hydrogen) atoms. The van der Waals surface area contributed by atoms with Gasteiger partial charge < -0.3 is 19.3 Å². The summed E-state index contributed by atoms with van der Waals surface area (Å²) in [5, 5.41) is 22.7. The number of unbranched alkanes of at least 4 members (excludes halogenated alkanes) is 1. The fraction of sp³-hybridized carbons (Fsp3) is 0.393. The van der Waals surface area contributed by atoms with Crippen LogP contribution in [0.15, 0.2) is 40.9 Å². The van der Waals surface area contributed by atoms with Gasteiger partial charge in [0.15, 0.2) is 0 Å². The summed E-state index contributed by atoms with van der Waals surface area (Å²) >= 11 is 0. The number of nitrogens with zero attached hydrogens (tertiary/aromatic N) is 4. The Balaban J connectivity index is 1.39. The number of fused-ring (bicyclic) bond motifs is 3. The third-order valence-electron chi connectivity index (χ3n) is 6.95. The largest absolute Gasteiger partial charge is 0.490 e. The Bertz CT molecular complexity index is 1390. The molecule has 0 bridgehead atoms. The molecule has 1 fully saturated rings. The number of rotatable bonds is 9. The second-order valence-electron chi connectivity index (χ2n) is 9.84. The maximum Gasteiger partial charge on any atom is 0.303 e. The first-order chi connectivity index (χ1) is 17.9. The van der Waals surface area contributed by atoms with Crippen LogP contribution in [0, 0.1) is 17.2 Å². The molecule has 9 nitrogen and oxygen atoms in total. The number of benzene rings is 2. The molecule has 1 saturated heterocycles. The highest BCUT2D eigenvalue weighted by atomic mass is 16.5. The molecular formula is C28H28N4O5. The van der Waals surface area contributed by atoms with E-state index in [2.05, 4.69) is 22.3 Å². The number of hydrogen-bond donors (Lipinski definition) is 1. The summed E-state index contributed by atoms with van der Waals surface area (Å²) in [7, 11) is 0. The predicted octanol–water partition coefficient (Wildman–Crippen LogP) is 4.76. The van der Waals surface area contributed by atoms with Crippen LogP contribution < -0.4 is 4.74 Å². The van der Waals surface area contributed by atoms with Gasteiger partial charge in [-0.1, -0.05) is 23.4 Å². The van der Waals surface area contributed by atoms with Crippen molar-refractivity contribution in [2.45, 2.75) is 58.1 Å². The Morgan fingerprint density at radius 1 is 1.27 bits per heavy atom. The third-order valence-corrected chi connectivity index (χ3v) is 6.95. The summed E-state index contributed by atoms with van der Waals surface area (Å²) in [6.45, 7) is 4.36. The van der Waals surface area contributed by atoms with Gasteiger partial charge in [-0.05, 0) is 68.4 Å². The van der Waals surface area contributed by atoms with E-state index in [9.17, 15) is 14.9 Å². The summed E-state index contributed by atoms with van der Waals surface area (Å²) in [4.78, 5) is 30.1. The minimum atomic E-state index is -0.815. The zero-order chi connectivity index (χ0) is 26.1. The molecule has 2 atom stereocenters. The van der Waals surface area contributed by atoms with Crippen LogP contribution in [0.2, 0.25) is 0 Å². The molecule has 5 rings (SSSR count). The molecule has 3 aromatic rings. The first-order valence-corrected chi connectivity index (χ1v) is 12.5. The van der Waals surface area contributed by atoms with Crippen molar-refractivity contribution in [2.24, 2.45) is 5.92 Å². The van der Waals surface area contributed by atoms with Gasteiger partial charge in [0.25, 0.3) is 5.89 Å². The predicted molar refractivity (Wildman–Crippen MR) is 133 cm³/mol. The smallest absolute Gasteiger partial charge is 0.303 e. The van der Waals surface area contributed by atoms with E-state index in [0.717, 1.165) is 23.1 Å². The van der Waals surface area contributed by atoms with E-state index in [1.54, 1.807) is 18.2 Å². The molecule has 2 aliphatic rings. The Kier molecular flexibility index (Phi) is 6.66. The Labute approximate surface area is 214 Å². The number of likely N-dealkylation sites (tertiary alicyclic amines) is 1. The van der Waals surface area contributed by atoms with Crippen molar-refractivity contribution in [1.82, 2.24) is 15.0 Å².